The standard InChI is InChI=1S/C21H21F2N3O2.C20H20BrN3O2.C20H21ClF2N2O2/c1-11-20(19(28)10-25-14-5-6-17(25)18(27)8-14)21(23)12(2)26(11)15-4-3-13(9-24)16(22)7-15;1-12-16(19(26)11-23-15-6-7-17(23)18(25)8-15)9-20(21)24(12)14-4-2-13(10-22)3-5-14;1-10-5-14(19(27)9-24-12-3-4-17(24)18(26)8-12)11(2)25(10)13-6-15(22)20(21)16(23)7-13/h3-4,7,14,17-18,27H,5-6,8,10H2,1-2H3;2-5,9,15,17-18,25H,6-8,11H2,1H3;5-7,12,17-18,26H,3-4,8-9H2,1-2H3/t14?,17?,18-;15?,17?,18-;12?,17?,18-/m000/s1. The number of rotatable bonds is 12. The Balaban J connectivity index is 0.000000136. The molecule has 20 heteroatoms. The molecule has 12 rings (SSSR count). The van der Waals surface area contributed by atoms with Crippen molar-refractivity contribution in [3.63, 3.8) is 0 Å². The number of ketones is 3. The van der Waals surface area contributed by atoms with Crippen LogP contribution in [0.3, 0.4) is 0 Å². The molecule has 0 radical (unpaired) electrons. The van der Waals surface area contributed by atoms with Gasteiger partial charge in [0.05, 0.1) is 76.7 Å². The number of fused-ring (bicyclic) bond motifs is 6. The van der Waals surface area contributed by atoms with E-state index in [1.807, 2.05) is 34.6 Å². The average Bonchev–Trinajstić information content (AvgIpc) is 4.39. The van der Waals surface area contributed by atoms with E-state index in [1.54, 1.807) is 56.5 Å². The Bertz CT molecular complexity index is 3550. The van der Waals surface area contributed by atoms with Crippen molar-refractivity contribution in [2.24, 2.45) is 0 Å². The minimum atomic E-state index is -0.838. The van der Waals surface area contributed by atoms with Crippen LogP contribution in [0.2, 0.25) is 5.02 Å². The van der Waals surface area contributed by atoms with Crippen molar-refractivity contribution in [2.45, 2.75) is 147 Å². The second-order valence-electron chi connectivity index (χ2n) is 22.4. The summed E-state index contributed by atoms with van der Waals surface area (Å²) in [6, 6.07) is 22.1. The van der Waals surface area contributed by atoms with E-state index in [-0.39, 0.29) is 89.7 Å². The molecule has 3 aromatic heterocycles. The van der Waals surface area contributed by atoms with Crippen LogP contribution in [0.25, 0.3) is 17.1 Å². The van der Waals surface area contributed by atoms with E-state index < -0.39 is 34.4 Å². The van der Waals surface area contributed by atoms with Gasteiger partial charge in [0.2, 0.25) is 0 Å². The number of hydrogen-bond acceptors (Lipinski definition) is 11. The minimum absolute atomic E-state index is 0.00283. The zero-order valence-corrected chi connectivity index (χ0v) is 47.8. The Morgan fingerprint density at radius 2 is 1.01 bits per heavy atom. The highest BCUT2D eigenvalue weighted by molar-refractivity contribution is 9.10. The fourth-order valence-electron chi connectivity index (χ4n) is 13.9. The van der Waals surface area contributed by atoms with Crippen LogP contribution >= 0.6 is 27.5 Å². The van der Waals surface area contributed by atoms with Gasteiger partial charge in [-0.05, 0) is 175 Å². The molecular formula is C61H62BrClF4N8O6. The van der Waals surface area contributed by atoms with E-state index in [4.69, 9.17) is 22.1 Å². The van der Waals surface area contributed by atoms with Crippen molar-refractivity contribution >= 4 is 44.9 Å². The van der Waals surface area contributed by atoms with Crippen molar-refractivity contribution < 1.29 is 47.3 Å². The van der Waals surface area contributed by atoms with Crippen molar-refractivity contribution in [3.05, 3.63) is 156 Å². The molecule has 81 heavy (non-hydrogen) atoms. The predicted molar refractivity (Wildman–Crippen MR) is 298 cm³/mol. The molecule has 6 fully saturated rings. The summed E-state index contributed by atoms with van der Waals surface area (Å²) in [5.41, 5.74) is 6.14. The second-order valence-corrected chi connectivity index (χ2v) is 23.6. The van der Waals surface area contributed by atoms with Gasteiger partial charge in [-0.3, -0.25) is 29.1 Å². The number of Topliss-reactive ketones (excluding diaryl/α,β-unsaturated/α-hetero) is 3. The molecule has 0 spiro atoms. The maximum Gasteiger partial charge on any atom is 0.181 e. The largest absolute Gasteiger partial charge is 0.391 e. The second kappa shape index (κ2) is 23.2. The Hall–Kier alpha value is -6.26. The quantitative estimate of drug-likeness (QED) is 0.0602. The molecule has 6 saturated heterocycles. The van der Waals surface area contributed by atoms with Gasteiger partial charge >= 0.3 is 0 Å². The summed E-state index contributed by atoms with van der Waals surface area (Å²) < 4.78 is 62.7. The number of hydrogen-bond donors (Lipinski definition) is 3. The highest BCUT2D eigenvalue weighted by Gasteiger charge is 2.48. The Morgan fingerprint density at radius 3 is 1.46 bits per heavy atom. The highest BCUT2D eigenvalue weighted by Crippen LogP contribution is 2.41. The fourth-order valence-corrected chi connectivity index (χ4v) is 14.7. The van der Waals surface area contributed by atoms with Crippen LogP contribution < -0.4 is 0 Å². The molecule has 3 aromatic carbocycles. The molecule has 9 atom stereocenters. The first-order valence-corrected chi connectivity index (χ1v) is 28.5. The summed E-state index contributed by atoms with van der Waals surface area (Å²) in [6.45, 7) is 9.33. The Labute approximate surface area is 480 Å². The molecule has 6 aliphatic heterocycles. The van der Waals surface area contributed by atoms with E-state index in [0.717, 1.165) is 79.5 Å². The number of carbonyl (C=O) groups is 3. The van der Waals surface area contributed by atoms with Crippen molar-refractivity contribution in [3.8, 4) is 29.2 Å². The number of aliphatic hydroxyl groups is 3. The first-order chi connectivity index (χ1) is 38.6. The Morgan fingerprint density at radius 1 is 0.556 bits per heavy atom. The fraction of sp³-hybridized carbons (Fsp3) is 0.426. The van der Waals surface area contributed by atoms with Crippen LogP contribution in [0.4, 0.5) is 17.6 Å². The third-order valence-electron chi connectivity index (χ3n) is 17.8. The third kappa shape index (κ3) is 10.8. The molecule has 0 saturated carbocycles. The van der Waals surface area contributed by atoms with E-state index >= 15 is 0 Å². The smallest absolute Gasteiger partial charge is 0.181 e. The van der Waals surface area contributed by atoms with Crippen LogP contribution in [-0.2, 0) is 0 Å². The zero-order valence-electron chi connectivity index (χ0n) is 45.4. The Kier molecular flexibility index (Phi) is 16.6. The molecule has 14 nitrogen and oxygen atoms in total. The van der Waals surface area contributed by atoms with Crippen LogP contribution in [0, 0.1) is 80.5 Å². The topological polar surface area (TPSA) is 184 Å². The number of nitrogens with zero attached hydrogens (tertiary/aromatic N) is 8. The summed E-state index contributed by atoms with van der Waals surface area (Å²) >= 11 is 9.13. The summed E-state index contributed by atoms with van der Waals surface area (Å²) in [7, 11) is 0. The number of aryl methyl sites for hydroxylation is 1. The summed E-state index contributed by atoms with van der Waals surface area (Å²) in [6.07, 6.45) is 6.87. The molecule has 0 aliphatic carbocycles. The summed E-state index contributed by atoms with van der Waals surface area (Å²) in [5, 5.41) is 47.5. The lowest BCUT2D eigenvalue weighted by atomic mass is 9.98. The summed E-state index contributed by atoms with van der Waals surface area (Å²) in [4.78, 5) is 45.1. The molecule has 6 aliphatic rings. The van der Waals surface area contributed by atoms with Crippen molar-refractivity contribution in [1.29, 1.82) is 10.5 Å². The van der Waals surface area contributed by atoms with Crippen LogP contribution in [0.5, 0.6) is 0 Å². The number of aliphatic hydroxyl groups excluding tert-OH is 3. The van der Waals surface area contributed by atoms with Crippen LogP contribution in [-0.4, -0.2) is 135 Å². The van der Waals surface area contributed by atoms with Crippen LogP contribution in [0.15, 0.2) is 71.3 Å². The molecule has 0 amide bonds. The van der Waals surface area contributed by atoms with Gasteiger partial charge in [-0.2, -0.15) is 10.5 Å². The van der Waals surface area contributed by atoms with E-state index in [9.17, 15) is 47.3 Å². The lowest BCUT2D eigenvalue weighted by Crippen LogP contribution is -2.36. The predicted octanol–water partition coefficient (Wildman–Crippen LogP) is 10.0. The van der Waals surface area contributed by atoms with Gasteiger partial charge < -0.3 is 29.0 Å². The molecule has 6 bridgehead atoms. The average molecular weight is 1190 g/mol. The van der Waals surface area contributed by atoms with Gasteiger partial charge in [-0.1, -0.05) is 11.6 Å². The first-order valence-electron chi connectivity index (χ1n) is 27.3. The third-order valence-corrected chi connectivity index (χ3v) is 18.8. The van der Waals surface area contributed by atoms with E-state index in [2.05, 4.69) is 31.8 Å². The number of aromatic nitrogens is 3. The van der Waals surface area contributed by atoms with E-state index in [1.165, 1.54) is 22.8 Å². The zero-order chi connectivity index (χ0) is 58.0. The van der Waals surface area contributed by atoms with Gasteiger partial charge in [0.15, 0.2) is 23.2 Å². The first kappa shape index (κ1) is 58.0. The number of carbonyl (C=O) groups excluding carboxylic acids is 3. The SMILES string of the molecule is Cc1c(C(=O)CN2C3CCC2[C@@H](O)C3)cc(Br)n1-c1ccc(C#N)cc1.Cc1c(F)c(C(=O)CN2C3CCC2[C@@H](O)C3)c(C)n1-c1ccc(C#N)c(F)c1.Cc1cc(C(=O)CN2C3CCC2[C@@H](O)C3)c(C)n1-c1cc(F)c(Cl)c(F)c1. The van der Waals surface area contributed by atoms with Gasteiger partial charge in [-0.15, -0.1) is 0 Å². The van der Waals surface area contributed by atoms with Gasteiger partial charge in [-0.25, -0.2) is 17.6 Å². The summed E-state index contributed by atoms with van der Waals surface area (Å²) in [5.74, 6) is -3.28. The molecule has 6 aromatic rings. The normalized spacial score (nSPS) is 24.5. The molecule has 9 heterocycles. The molecule has 424 valence electrons. The maximum atomic E-state index is 15.0. The van der Waals surface area contributed by atoms with Crippen LogP contribution in [0.1, 0.15) is 128 Å². The molecule has 6 unspecified atom stereocenters. The molecule has 3 N–H and O–H groups in total. The lowest BCUT2D eigenvalue weighted by Gasteiger charge is -2.21. The van der Waals surface area contributed by atoms with Gasteiger partial charge in [0, 0.05) is 81.5 Å². The highest BCUT2D eigenvalue weighted by atomic mass is 79.9. The molecular weight excluding hydrogens is 1130 g/mol. The van der Waals surface area contributed by atoms with Gasteiger partial charge in [0.1, 0.15) is 28.5 Å². The number of halogens is 6. The number of benzene rings is 3. The van der Waals surface area contributed by atoms with E-state index in [0.29, 0.717) is 64.2 Å². The monoisotopic (exact) mass is 1190 g/mol. The van der Waals surface area contributed by atoms with Crippen molar-refractivity contribution in [2.75, 3.05) is 19.6 Å². The maximum absolute atomic E-state index is 15.0. The van der Waals surface area contributed by atoms with Crippen molar-refractivity contribution in [1.82, 2.24) is 28.4 Å². The number of nitriles is 2. The lowest BCUT2D eigenvalue weighted by molar-refractivity contribution is 0.0862. The minimum Gasteiger partial charge on any atom is -0.391 e. The van der Waals surface area contributed by atoms with Gasteiger partial charge in [0.25, 0.3) is 0 Å².